The third-order valence-electron chi connectivity index (χ3n) is 4.95. The molecule has 1 aliphatic heterocycles. The molecule has 1 atom stereocenters. The molecule has 1 amide bonds. The summed E-state index contributed by atoms with van der Waals surface area (Å²) in [5.41, 5.74) is 1.59. The molecule has 0 N–H and O–H groups in total. The zero-order valence-electron chi connectivity index (χ0n) is 17.5. The molecule has 0 saturated heterocycles. The fourth-order valence-corrected chi connectivity index (χ4v) is 4.48. The van der Waals surface area contributed by atoms with Crippen molar-refractivity contribution < 1.29 is 19.0 Å². The molecule has 1 unspecified atom stereocenters. The number of thiazole rings is 1. The third-order valence-corrected chi connectivity index (χ3v) is 6.47. The van der Waals surface area contributed by atoms with Crippen LogP contribution in [0.5, 0.6) is 17.2 Å². The highest BCUT2D eigenvalue weighted by Crippen LogP contribution is 2.34. The molecule has 0 spiro atoms. The first-order valence-electron chi connectivity index (χ1n) is 10.1. The van der Waals surface area contributed by atoms with E-state index in [9.17, 15) is 4.79 Å². The number of aromatic nitrogens is 1. The minimum Gasteiger partial charge on any atom is -0.497 e. The molecule has 0 saturated carbocycles. The van der Waals surface area contributed by atoms with E-state index in [0.717, 1.165) is 26.0 Å². The predicted octanol–water partition coefficient (Wildman–Crippen LogP) is 5.27. The highest BCUT2D eigenvalue weighted by atomic mass is 79.9. The molecule has 0 fully saturated rings. The number of nitrogens with zero attached hydrogens (tertiary/aromatic N) is 3. The summed E-state index contributed by atoms with van der Waals surface area (Å²) >= 11 is 4.77. The minimum absolute atomic E-state index is 0.0822. The SMILES string of the molecule is COc1ccc2nc(N(/N=C/c3ccc(Br)cc3)C(=O)C3COc4ccccc4O3)sc2c1. The van der Waals surface area contributed by atoms with Crippen molar-refractivity contribution in [2.45, 2.75) is 6.10 Å². The smallest absolute Gasteiger partial charge is 0.294 e. The molecule has 9 heteroatoms. The van der Waals surface area contributed by atoms with Crippen LogP contribution in [0.2, 0.25) is 0 Å². The van der Waals surface area contributed by atoms with Crippen LogP contribution >= 0.6 is 27.3 Å². The highest BCUT2D eigenvalue weighted by Gasteiger charge is 2.33. The lowest BCUT2D eigenvalue weighted by Crippen LogP contribution is -2.44. The van der Waals surface area contributed by atoms with E-state index in [-0.39, 0.29) is 12.5 Å². The molecule has 7 nitrogen and oxygen atoms in total. The molecule has 166 valence electrons. The number of rotatable bonds is 5. The lowest BCUT2D eigenvalue weighted by Gasteiger charge is -2.27. The van der Waals surface area contributed by atoms with Crippen molar-refractivity contribution in [1.29, 1.82) is 0 Å². The van der Waals surface area contributed by atoms with E-state index in [1.54, 1.807) is 25.5 Å². The Morgan fingerprint density at radius 1 is 1.18 bits per heavy atom. The van der Waals surface area contributed by atoms with Gasteiger partial charge >= 0.3 is 0 Å². The van der Waals surface area contributed by atoms with E-state index in [2.05, 4.69) is 26.0 Å². The van der Waals surface area contributed by atoms with Crippen LogP contribution in [-0.4, -0.2) is 36.9 Å². The lowest BCUT2D eigenvalue weighted by atomic mass is 10.2. The molecule has 0 bridgehead atoms. The van der Waals surface area contributed by atoms with E-state index < -0.39 is 6.10 Å². The first-order chi connectivity index (χ1) is 16.1. The van der Waals surface area contributed by atoms with Crippen LogP contribution in [0.4, 0.5) is 5.13 Å². The second-order valence-electron chi connectivity index (χ2n) is 7.14. The first kappa shape index (κ1) is 21.4. The number of benzene rings is 3. The van der Waals surface area contributed by atoms with Gasteiger partial charge in [-0.05, 0) is 48.0 Å². The molecule has 0 radical (unpaired) electrons. The van der Waals surface area contributed by atoms with Crippen LogP contribution in [-0.2, 0) is 4.79 Å². The van der Waals surface area contributed by atoms with Gasteiger partial charge < -0.3 is 14.2 Å². The Morgan fingerprint density at radius 2 is 1.97 bits per heavy atom. The highest BCUT2D eigenvalue weighted by molar-refractivity contribution is 9.10. The number of anilines is 1. The van der Waals surface area contributed by atoms with E-state index in [4.69, 9.17) is 14.2 Å². The van der Waals surface area contributed by atoms with Crippen molar-refractivity contribution in [2.75, 3.05) is 18.7 Å². The summed E-state index contributed by atoms with van der Waals surface area (Å²) in [7, 11) is 1.61. The average Bonchev–Trinajstić information content (AvgIpc) is 3.27. The summed E-state index contributed by atoms with van der Waals surface area (Å²) in [5.74, 6) is 1.48. The van der Waals surface area contributed by atoms with Gasteiger partial charge in [0.15, 0.2) is 11.5 Å². The van der Waals surface area contributed by atoms with Crippen LogP contribution in [0, 0.1) is 0 Å². The summed E-state index contributed by atoms with van der Waals surface area (Å²) in [6.07, 6.45) is 0.762. The number of hydrogen-bond donors (Lipinski definition) is 0. The molecule has 5 rings (SSSR count). The number of hydrogen-bond acceptors (Lipinski definition) is 7. The normalized spacial score (nSPS) is 15.0. The van der Waals surface area contributed by atoms with Gasteiger partial charge in [-0.3, -0.25) is 4.79 Å². The number of hydrazone groups is 1. The average molecular weight is 524 g/mol. The lowest BCUT2D eigenvalue weighted by molar-refractivity contribution is -0.127. The number of para-hydroxylation sites is 2. The monoisotopic (exact) mass is 523 g/mol. The molecular weight excluding hydrogens is 506 g/mol. The van der Waals surface area contributed by atoms with E-state index in [0.29, 0.717) is 16.6 Å². The summed E-state index contributed by atoms with van der Waals surface area (Å²) in [5, 5.41) is 6.20. The van der Waals surface area contributed by atoms with Crippen molar-refractivity contribution in [1.82, 2.24) is 4.98 Å². The number of carbonyl (C=O) groups is 1. The molecule has 1 aromatic heterocycles. The van der Waals surface area contributed by atoms with Crippen LogP contribution in [0.1, 0.15) is 5.56 Å². The van der Waals surface area contributed by atoms with E-state index in [1.807, 2.05) is 54.6 Å². The molecule has 3 aromatic carbocycles. The maximum atomic E-state index is 13.5. The van der Waals surface area contributed by atoms with Crippen molar-refractivity contribution in [3.05, 3.63) is 76.8 Å². The van der Waals surface area contributed by atoms with Crippen molar-refractivity contribution in [2.24, 2.45) is 5.10 Å². The number of ether oxygens (including phenoxy) is 3. The summed E-state index contributed by atoms with van der Waals surface area (Å²) in [6.45, 7) is 0.0822. The zero-order valence-corrected chi connectivity index (χ0v) is 19.9. The van der Waals surface area contributed by atoms with Crippen molar-refractivity contribution in [3.8, 4) is 17.2 Å². The fourth-order valence-electron chi connectivity index (χ4n) is 3.26. The van der Waals surface area contributed by atoms with Gasteiger partial charge in [0, 0.05) is 4.47 Å². The Hall–Kier alpha value is -3.43. The molecule has 4 aromatic rings. The quantitative estimate of drug-likeness (QED) is 0.263. The number of fused-ring (bicyclic) bond motifs is 2. The van der Waals surface area contributed by atoms with Crippen LogP contribution in [0.25, 0.3) is 10.2 Å². The maximum absolute atomic E-state index is 13.5. The standard InChI is InChI=1S/C24H18BrN3O4S/c1-30-17-10-11-18-22(12-17)33-24(27-18)28(26-13-15-6-8-16(25)9-7-15)23(29)21-14-31-19-4-2-3-5-20(19)32-21/h2-13,21H,14H2,1H3/b26-13+. The summed E-state index contributed by atoms with van der Waals surface area (Å²) in [6, 6.07) is 20.4. The largest absolute Gasteiger partial charge is 0.497 e. The Morgan fingerprint density at radius 3 is 2.76 bits per heavy atom. The molecule has 0 aliphatic carbocycles. The van der Waals surface area contributed by atoms with Gasteiger partial charge in [-0.25, -0.2) is 4.98 Å². The van der Waals surface area contributed by atoms with E-state index >= 15 is 0 Å². The number of amides is 1. The number of methoxy groups -OCH3 is 1. The van der Waals surface area contributed by atoms with Gasteiger partial charge in [-0.1, -0.05) is 51.5 Å². The summed E-state index contributed by atoms with van der Waals surface area (Å²) < 4.78 is 18.8. The number of halogens is 1. The molecule has 1 aliphatic rings. The van der Waals surface area contributed by atoms with E-state index in [1.165, 1.54) is 16.3 Å². The van der Waals surface area contributed by atoms with Crippen molar-refractivity contribution >= 4 is 54.7 Å². The minimum atomic E-state index is -0.858. The third kappa shape index (κ3) is 4.55. The number of carbonyl (C=O) groups excluding carboxylic acids is 1. The van der Waals surface area contributed by atoms with Crippen LogP contribution in [0.3, 0.4) is 0 Å². The Labute approximate surface area is 202 Å². The van der Waals surface area contributed by atoms with Gasteiger partial charge in [0.1, 0.15) is 12.4 Å². The van der Waals surface area contributed by atoms with Crippen LogP contribution in [0.15, 0.2) is 76.3 Å². The molecule has 2 heterocycles. The predicted molar refractivity (Wildman–Crippen MR) is 132 cm³/mol. The van der Waals surface area contributed by atoms with Gasteiger partial charge in [0.2, 0.25) is 11.2 Å². The van der Waals surface area contributed by atoms with Crippen molar-refractivity contribution in [3.63, 3.8) is 0 Å². The van der Waals surface area contributed by atoms with Gasteiger partial charge in [-0.15, -0.1) is 0 Å². The molecular formula is C24H18BrN3O4S. The topological polar surface area (TPSA) is 73.2 Å². The van der Waals surface area contributed by atoms with Crippen LogP contribution < -0.4 is 19.2 Å². The maximum Gasteiger partial charge on any atom is 0.294 e. The zero-order chi connectivity index (χ0) is 22.8. The fraction of sp³-hybridized carbons (Fsp3) is 0.125. The summed E-state index contributed by atoms with van der Waals surface area (Å²) in [4.78, 5) is 18.2. The van der Waals surface area contributed by atoms with Gasteiger partial charge in [-0.2, -0.15) is 10.1 Å². The second-order valence-corrected chi connectivity index (χ2v) is 9.07. The molecule has 33 heavy (non-hydrogen) atoms. The van der Waals surface area contributed by atoms with Gasteiger partial charge in [0.05, 0.1) is 23.5 Å². The Bertz CT molecular complexity index is 1340. The Kier molecular flexibility index (Phi) is 5.97. The van der Waals surface area contributed by atoms with Gasteiger partial charge in [0.25, 0.3) is 5.91 Å². The Balaban J connectivity index is 1.49. The first-order valence-corrected chi connectivity index (χ1v) is 11.7. The second kappa shape index (κ2) is 9.21.